The number of aromatic nitrogens is 1. The number of hydrogen-bond acceptors (Lipinski definition) is 3. The lowest BCUT2D eigenvalue weighted by Crippen LogP contribution is -1.93. The minimum absolute atomic E-state index is 0.864. The molecule has 0 saturated heterocycles. The molecule has 0 aliphatic heterocycles. The Labute approximate surface area is 303 Å². The summed E-state index contributed by atoms with van der Waals surface area (Å²) in [7, 11) is 0. The van der Waals surface area contributed by atoms with Crippen molar-refractivity contribution >= 4 is 75.1 Å². The minimum atomic E-state index is 0.864. The van der Waals surface area contributed by atoms with Gasteiger partial charge in [-0.25, -0.2) is 4.98 Å². The number of furan rings is 1. The van der Waals surface area contributed by atoms with E-state index in [0.29, 0.717) is 0 Å². The van der Waals surface area contributed by atoms with E-state index in [-0.39, 0.29) is 0 Å². The predicted octanol–water partition coefficient (Wildman–Crippen LogP) is 14.3. The van der Waals surface area contributed by atoms with E-state index in [4.69, 9.17) is 9.40 Å². The molecule has 0 N–H and O–H groups in total. The van der Waals surface area contributed by atoms with Gasteiger partial charge in [-0.05, 0) is 58.1 Å². The molecule has 52 heavy (non-hydrogen) atoms. The molecule has 3 heterocycles. The van der Waals surface area contributed by atoms with E-state index in [1.807, 2.05) is 17.4 Å². The van der Waals surface area contributed by atoms with Gasteiger partial charge in [0.15, 0.2) is 0 Å². The van der Waals surface area contributed by atoms with Crippen molar-refractivity contribution < 1.29 is 4.42 Å². The fourth-order valence-electron chi connectivity index (χ4n) is 8.09. The highest BCUT2D eigenvalue weighted by Gasteiger charge is 2.22. The average Bonchev–Trinajstić information content (AvgIpc) is 3.78. The highest BCUT2D eigenvalue weighted by molar-refractivity contribution is 7.26. The van der Waals surface area contributed by atoms with E-state index in [1.165, 1.54) is 53.4 Å². The summed E-state index contributed by atoms with van der Waals surface area (Å²) in [6.07, 6.45) is 0. The topological polar surface area (TPSA) is 26.0 Å². The van der Waals surface area contributed by atoms with Crippen LogP contribution in [0.4, 0.5) is 0 Å². The summed E-state index contributed by atoms with van der Waals surface area (Å²) in [5, 5.41) is 8.28. The second kappa shape index (κ2) is 11.5. The molecule has 0 fully saturated rings. The van der Waals surface area contributed by atoms with Crippen molar-refractivity contribution in [1.29, 1.82) is 0 Å². The van der Waals surface area contributed by atoms with Gasteiger partial charge in [0.05, 0.1) is 11.2 Å². The largest absolute Gasteiger partial charge is 0.456 e. The van der Waals surface area contributed by atoms with Crippen LogP contribution >= 0.6 is 11.3 Å². The number of thiophene rings is 1. The van der Waals surface area contributed by atoms with Gasteiger partial charge in [-0.3, -0.25) is 0 Å². The van der Waals surface area contributed by atoms with Crippen LogP contribution in [0.25, 0.3) is 108 Å². The quantitative estimate of drug-likeness (QED) is 0.173. The summed E-state index contributed by atoms with van der Waals surface area (Å²) >= 11 is 1.87. The zero-order valence-electron chi connectivity index (χ0n) is 28.0. The molecule has 8 aromatic carbocycles. The summed E-state index contributed by atoms with van der Waals surface area (Å²) < 4.78 is 9.28. The standard InChI is InChI=1S/C49H29NOS/c1-2-12-32(13-3-1)48-40-29-43-47(39-18-5-8-22-42(39)51-43)45(46(40)38-17-4-7-21-41(38)50-48)34-15-10-14-33(28-34)30-24-26-31(27-25-30)35-19-11-20-37-36-16-6-9-23-44(36)52-49(35)37/h1-29H. The van der Waals surface area contributed by atoms with Crippen LogP contribution in [0.5, 0.6) is 0 Å². The molecular weight excluding hydrogens is 651 g/mol. The SMILES string of the molecule is c1ccc(-c2nc3ccccc3c3c(-c4cccc(-c5ccc(-c6cccc7c6sc6ccccc67)cc5)c4)c4c(cc23)oc2ccccc24)cc1. The first-order chi connectivity index (χ1) is 25.8. The fraction of sp³-hybridized carbons (Fsp3) is 0. The lowest BCUT2D eigenvalue weighted by Gasteiger charge is -2.16. The Hall–Kier alpha value is -6.55. The van der Waals surface area contributed by atoms with E-state index in [2.05, 4.69) is 170 Å². The van der Waals surface area contributed by atoms with Crippen LogP contribution in [0, 0.1) is 0 Å². The molecule has 0 bridgehead atoms. The number of hydrogen-bond donors (Lipinski definition) is 0. The van der Waals surface area contributed by atoms with E-state index in [1.54, 1.807) is 0 Å². The van der Waals surface area contributed by atoms with Crippen molar-refractivity contribution in [3.05, 3.63) is 176 Å². The Bertz CT molecular complexity index is 3170. The first kappa shape index (κ1) is 29.2. The monoisotopic (exact) mass is 679 g/mol. The smallest absolute Gasteiger partial charge is 0.136 e. The fourth-order valence-corrected chi connectivity index (χ4v) is 9.33. The molecular formula is C49H29NOS. The molecule has 0 aliphatic carbocycles. The van der Waals surface area contributed by atoms with Crippen molar-refractivity contribution in [3.8, 4) is 44.6 Å². The Morgan fingerprint density at radius 1 is 0.404 bits per heavy atom. The molecule has 0 unspecified atom stereocenters. The van der Waals surface area contributed by atoms with Gasteiger partial charge in [0.1, 0.15) is 11.2 Å². The van der Waals surface area contributed by atoms with Crippen molar-refractivity contribution in [2.24, 2.45) is 0 Å². The minimum Gasteiger partial charge on any atom is -0.456 e. The highest BCUT2D eigenvalue weighted by Crippen LogP contribution is 2.47. The first-order valence-electron chi connectivity index (χ1n) is 17.6. The number of benzene rings is 8. The van der Waals surface area contributed by atoms with Crippen molar-refractivity contribution in [2.75, 3.05) is 0 Å². The Morgan fingerprint density at radius 3 is 1.96 bits per heavy atom. The van der Waals surface area contributed by atoms with E-state index < -0.39 is 0 Å². The molecule has 3 aromatic heterocycles. The van der Waals surface area contributed by atoms with Crippen LogP contribution in [0.2, 0.25) is 0 Å². The van der Waals surface area contributed by atoms with Gasteiger partial charge in [-0.15, -0.1) is 11.3 Å². The van der Waals surface area contributed by atoms with Crippen LogP contribution in [0.1, 0.15) is 0 Å². The number of para-hydroxylation sites is 2. The maximum Gasteiger partial charge on any atom is 0.136 e. The number of pyridine rings is 1. The second-order valence-corrected chi connectivity index (χ2v) is 14.5. The molecule has 0 radical (unpaired) electrons. The van der Waals surface area contributed by atoms with Gasteiger partial charge in [0.2, 0.25) is 0 Å². The molecule has 2 nitrogen and oxygen atoms in total. The molecule has 11 rings (SSSR count). The Morgan fingerprint density at radius 2 is 1.08 bits per heavy atom. The molecule has 0 spiro atoms. The van der Waals surface area contributed by atoms with Gasteiger partial charge >= 0.3 is 0 Å². The maximum absolute atomic E-state index is 6.62. The zero-order valence-corrected chi connectivity index (χ0v) is 28.8. The first-order valence-corrected chi connectivity index (χ1v) is 18.4. The van der Waals surface area contributed by atoms with Gasteiger partial charge in [0.25, 0.3) is 0 Å². The van der Waals surface area contributed by atoms with E-state index in [0.717, 1.165) is 55.0 Å². The lowest BCUT2D eigenvalue weighted by molar-refractivity contribution is 0.669. The van der Waals surface area contributed by atoms with E-state index >= 15 is 0 Å². The summed E-state index contributed by atoms with van der Waals surface area (Å²) in [6.45, 7) is 0. The third kappa shape index (κ3) is 4.46. The third-order valence-corrected chi connectivity index (χ3v) is 11.7. The number of fused-ring (bicyclic) bond motifs is 9. The summed E-state index contributed by atoms with van der Waals surface area (Å²) in [4.78, 5) is 5.26. The zero-order chi connectivity index (χ0) is 34.2. The van der Waals surface area contributed by atoms with Gasteiger partial charge in [0, 0.05) is 58.2 Å². The molecule has 3 heteroatoms. The van der Waals surface area contributed by atoms with Crippen LogP contribution in [-0.4, -0.2) is 4.98 Å². The van der Waals surface area contributed by atoms with Crippen molar-refractivity contribution in [3.63, 3.8) is 0 Å². The molecule has 242 valence electrons. The summed E-state index contributed by atoms with van der Waals surface area (Å²) in [5.74, 6) is 0. The van der Waals surface area contributed by atoms with Gasteiger partial charge in [-0.2, -0.15) is 0 Å². The normalized spacial score (nSPS) is 11.8. The Kier molecular flexibility index (Phi) is 6.46. The molecule has 0 atom stereocenters. The highest BCUT2D eigenvalue weighted by atomic mass is 32.1. The van der Waals surface area contributed by atoms with Crippen molar-refractivity contribution in [1.82, 2.24) is 4.98 Å². The summed E-state index contributed by atoms with van der Waals surface area (Å²) in [6, 6.07) is 63.0. The Balaban J connectivity index is 1.13. The lowest BCUT2D eigenvalue weighted by atomic mass is 9.88. The van der Waals surface area contributed by atoms with E-state index in [9.17, 15) is 0 Å². The number of nitrogens with zero attached hydrogens (tertiary/aromatic N) is 1. The maximum atomic E-state index is 6.62. The van der Waals surface area contributed by atoms with Crippen LogP contribution in [-0.2, 0) is 0 Å². The molecule has 0 amide bonds. The van der Waals surface area contributed by atoms with Crippen LogP contribution < -0.4 is 0 Å². The van der Waals surface area contributed by atoms with Gasteiger partial charge < -0.3 is 4.42 Å². The van der Waals surface area contributed by atoms with Crippen LogP contribution in [0.15, 0.2) is 180 Å². The molecule has 0 saturated carbocycles. The average molecular weight is 680 g/mol. The molecule has 0 aliphatic rings. The number of rotatable bonds is 4. The van der Waals surface area contributed by atoms with Gasteiger partial charge in [-0.1, -0.05) is 146 Å². The third-order valence-electron chi connectivity index (χ3n) is 10.5. The second-order valence-electron chi connectivity index (χ2n) is 13.4. The van der Waals surface area contributed by atoms with Crippen molar-refractivity contribution in [2.45, 2.75) is 0 Å². The van der Waals surface area contributed by atoms with Crippen LogP contribution in [0.3, 0.4) is 0 Å². The summed E-state index contributed by atoms with van der Waals surface area (Å²) in [5.41, 5.74) is 11.9. The molecule has 11 aromatic rings. The predicted molar refractivity (Wildman–Crippen MR) is 221 cm³/mol.